The molecule has 19 heavy (non-hydrogen) atoms. The third-order valence-corrected chi connectivity index (χ3v) is 3.02. The van der Waals surface area contributed by atoms with Crippen molar-refractivity contribution < 1.29 is 4.79 Å². The molecule has 0 fully saturated rings. The molecule has 1 aromatic carbocycles. The van der Waals surface area contributed by atoms with E-state index in [-0.39, 0.29) is 5.91 Å². The van der Waals surface area contributed by atoms with Crippen LogP contribution in [-0.2, 0) is 0 Å². The molecule has 2 aromatic rings. The van der Waals surface area contributed by atoms with E-state index in [1.807, 2.05) is 53.4 Å². The molecule has 0 aliphatic heterocycles. The molecule has 0 saturated carbocycles. The van der Waals surface area contributed by atoms with Gasteiger partial charge in [0.05, 0.1) is 0 Å². The summed E-state index contributed by atoms with van der Waals surface area (Å²) in [5.41, 5.74) is 1.71. The molecule has 3 nitrogen and oxygen atoms in total. The maximum atomic E-state index is 12.0. The summed E-state index contributed by atoms with van der Waals surface area (Å²) in [5.74, 6) is 0.598. The van der Waals surface area contributed by atoms with E-state index in [9.17, 15) is 4.79 Å². The monoisotopic (exact) mass is 256 g/mol. The Hall–Kier alpha value is -2.03. The second-order valence-electron chi connectivity index (χ2n) is 5.08. The maximum Gasteiger partial charge on any atom is 0.251 e. The highest BCUT2D eigenvalue weighted by Crippen LogP contribution is 2.11. The minimum atomic E-state index is -0.00495. The summed E-state index contributed by atoms with van der Waals surface area (Å²) in [6, 6.07) is 11.6. The SMILES string of the molecule is CC(C)CCNC(=O)c1cccc(-n2cccc2)c1. The number of carbonyl (C=O) groups is 1. The van der Waals surface area contributed by atoms with E-state index in [4.69, 9.17) is 0 Å². The standard InChI is InChI=1S/C16H20N2O/c1-13(2)8-9-17-16(19)14-6-5-7-15(12-14)18-10-3-4-11-18/h3-7,10-13H,8-9H2,1-2H3,(H,17,19). The molecular formula is C16H20N2O. The number of nitrogens with one attached hydrogen (secondary N) is 1. The van der Waals surface area contributed by atoms with Crippen molar-refractivity contribution in [3.05, 3.63) is 54.4 Å². The Kier molecular flexibility index (Phi) is 4.39. The van der Waals surface area contributed by atoms with Crippen molar-refractivity contribution in [2.24, 2.45) is 5.92 Å². The molecule has 0 unspecified atom stereocenters. The van der Waals surface area contributed by atoms with E-state index in [1.54, 1.807) is 0 Å². The van der Waals surface area contributed by atoms with Crippen LogP contribution in [0.1, 0.15) is 30.6 Å². The van der Waals surface area contributed by atoms with Crippen molar-refractivity contribution in [2.75, 3.05) is 6.54 Å². The van der Waals surface area contributed by atoms with Crippen LogP contribution in [0.5, 0.6) is 0 Å². The second-order valence-corrected chi connectivity index (χ2v) is 5.08. The van der Waals surface area contributed by atoms with E-state index in [1.165, 1.54) is 0 Å². The van der Waals surface area contributed by atoms with E-state index >= 15 is 0 Å². The lowest BCUT2D eigenvalue weighted by molar-refractivity contribution is 0.0952. The quantitative estimate of drug-likeness (QED) is 0.875. The Labute approximate surface area is 114 Å². The van der Waals surface area contributed by atoms with Crippen molar-refractivity contribution in [2.45, 2.75) is 20.3 Å². The molecule has 0 bridgehead atoms. The number of aromatic nitrogens is 1. The van der Waals surface area contributed by atoms with Gasteiger partial charge in [-0.3, -0.25) is 4.79 Å². The smallest absolute Gasteiger partial charge is 0.251 e. The Morgan fingerprint density at radius 2 is 1.95 bits per heavy atom. The summed E-state index contributed by atoms with van der Waals surface area (Å²) >= 11 is 0. The number of carbonyl (C=O) groups excluding carboxylic acids is 1. The van der Waals surface area contributed by atoms with Crippen LogP contribution in [0.25, 0.3) is 5.69 Å². The summed E-state index contributed by atoms with van der Waals surface area (Å²) in [6.45, 7) is 5.03. The molecular weight excluding hydrogens is 236 g/mol. The van der Waals surface area contributed by atoms with Crippen molar-refractivity contribution in [1.82, 2.24) is 9.88 Å². The Balaban J connectivity index is 2.04. The molecule has 0 radical (unpaired) electrons. The fourth-order valence-corrected chi connectivity index (χ4v) is 1.89. The van der Waals surface area contributed by atoms with Crippen molar-refractivity contribution in [3.63, 3.8) is 0 Å². The molecule has 1 heterocycles. The number of rotatable bonds is 5. The lowest BCUT2D eigenvalue weighted by Gasteiger charge is -2.09. The molecule has 0 aliphatic rings. The van der Waals surface area contributed by atoms with Gasteiger partial charge in [0.25, 0.3) is 5.91 Å². The van der Waals surface area contributed by atoms with Gasteiger partial charge in [-0.05, 0) is 42.7 Å². The van der Waals surface area contributed by atoms with Crippen molar-refractivity contribution in [3.8, 4) is 5.69 Å². The first-order valence-electron chi connectivity index (χ1n) is 6.68. The highest BCUT2D eigenvalue weighted by atomic mass is 16.1. The Bertz CT molecular complexity index is 529. The summed E-state index contributed by atoms with van der Waals surface area (Å²) in [7, 11) is 0. The molecule has 1 amide bonds. The van der Waals surface area contributed by atoms with Crippen molar-refractivity contribution in [1.29, 1.82) is 0 Å². The fraction of sp³-hybridized carbons (Fsp3) is 0.312. The van der Waals surface area contributed by atoms with E-state index in [2.05, 4.69) is 19.2 Å². The Morgan fingerprint density at radius 3 is 2.63 bits per heavy atom. The topological polar surface area (TPSA) is 34.0 Å². The number of benzene rings is 1. The molecule has 0 saturated heterocycles. The highest BCUT2D eigenvalue weighted by molar-refractivity contribution is 5.94. The molecule has 1 N–H and O–H groups in total. The zero-order chi connectivity index (χ0) is 13.7. The number of hydrogen-bond donors (Lipinski definition) is 1. The normalized spacial score (nSPS) is 10.7. The fourth-order valence-electron chi connectivity index (χ4n) is 1.89. The van der Waals surface area contributed by atoms with E-state index < -0.39 is 0 Å². The van der Waals surface area contributed by atoms with Crippen LogP contribution in [0.15, 0.2) is 48.8 Å². The van der Waals surface area contributed by atoms with Crippen LogP contribution in [-0.4, -0.2) is 17.0 Å². The molecule has 0 spiro atoms. The van der Waals surface area contributed by atoms with Crippen LogP contribution in [0.4, 0.5) is 0 Å². The van der Waals surface area contributed by atoms with Gasteiger partial charge in [0.2, 0.25) is 0 Å². The summed E-state index contributed by atoms with van der Waals surface area (Å²) in [6.07, 6.45) is 4.94. The van der Waals surface area contributed by atoms with Crippen LogP contribution < -0.4 is 5.32 Å². The zero-order valence-electron chi connectivity index (χ0n) is 11.5. The highest BCUT2D eigenvalue weighted by Gasteiger charge is 2.06. The predicted octanol–water partition coefficient (Wildman–Crippen LogP) is 3.25. The van der Waals surface area contributed by atoms with Gasteiger partial charge in [0, 0.05) is 30.2 Å². The largest absolute Gasteiger partial charge is 0.352 e. The average Bonchev–Trinajstić information content (AvgIpc) is 2.92. The zero-order valence-corrected chi connectivity index (χ0v) is 11.5. The predicted molar refractivity (Wildman–Crippen MR) is 77.6 cm³/mol. The van der Waals surface area contributed by atoms with E-state index in [0.717, 1.165) is 18.7 Å². The minimum absolute atomic E-state index is 0.00495. The van der Waals surface area contributed by atoms with Crippen LogP contribution >= 0.6 is 0 Å². The number of amides is 1. The lowest BCUT2D eigenvalue weighted by atomic mass is 10.1. The number of nitrogens with zero attached hydrogens (tertiary/aromatic N) is 1. The van der Waals surface area contributed by atoms with Gasteiger partial charge < -0.3 is 9.88 Å². The Morgan fingerprint density at radius 1 is 1.21 bits per heavy atom. The minimum Gasteiger partial charge on any atom is -0.352 e. The molecule has 0 atom stereocenters. The summed E-state index contributed by atoms with van der Waals surface area (Å²) in [5, 5.41) is 2.95. The van der Waals surface area contributed by atoms with Crippen LogP contribution in [0, 0.1) is 5.92 Å². The summed E-state index contributed by atoms with van der Waals surface area (Å²) < 4.78 is 1.99. The third-order valence-electron chi connectivity index (χ3n) is 3.02. The first-order chi connectivity index (χ1) is 9.16. The second kappa shape index (κ2) is 6.23. The molecule has 100 valence electrons. The third kappa shape index (κ3) is 3.71. The first kappa shape index (κ1) is 13.4. The van der Waals surface area contributed by atoms with Gasteiger partial charge in [-0.15, -0.1) is 0 Å². The van der Waals surface area contributed by atoms with Crippen LogP contribution in [0.3, 0.4) is 0 Å². The van der Waals surface area contributed by atoms with Gasteiger partial charge in [0.15, 0.2) is 0 Å². The molecule has 1 aromatic heterocycles. The van der Waals surface area contributed by atoms with Gasteiger partial charge >= 0.3 is 0 Å². The lowest BCUT2D eigenvalue weighted by Crippen LogP contribution is -2.25. The molecule has 2 rings (SSSR count). The maximum absolute atomic E-state index is 12.0. The molecule has 0 aliphatic carbocycles. The summed E-state index contributed by atoms with van der Waals surface area (Å²) in [4.78, 5) is 12.0. The van der Waals surface area contributed by atoms with Gasteiger partial charge in [-0.1, -0.05) is 19.9 Å². The van der Waals surface area contributed by atoms with Gasteiger partial charge in [0.1, 0.15) is 0 Å². The van der Waals surface area contributed by atoms with Gasteiger partial charge in [-0.2, -0.15) is 0 Å². The van der Waals surface area contributed by atoms with Crippen LogP contribution in [0.2, 0.25) is 0 Å². The number of hydrogen-bond acceptors (Lipinski definition) is 1. The average molecular weight is 256 g/mol. The first-order valence-corrected chi connectivity index (χ1v) is 6.68. The van der Waals surface area contributed by atoms with E-state index in [0.29, 0.717) is 11.5 Å². The van der Waals surface area contributed by atoms with Gasteiger partial charge in [-0.25, -0.2) is 0 Å². The molecule has 3 heteroatoms. The van der Waals surface area contributed by atoms with Crippen molar-refractivity contribution >= 4 is 5.91 Å².